The molecule has 0 saturated carbocycles. The predicted molar refractivity (Wildman–Crippen MR) is 98.4 cm³/mol. The van der Waals surface area contributed by atoms with Crippen molar-refractivity contribution >= 4 is 12.1 Å². The van der Waals surface area contributed by atoms with Gasteiger partial charge in [0.15, 0.2) is 0 Å². The van der Waals surface area contributed by atoms with E-state index < -0.39 is 5.91 Å². The molecule has 26 heavy (non-hydrogen) atoms. The molecule has 132 valence electrons. The van der Waals surface area contributed by atoms with Gasteiger partial charge in [0.1, 0.15) is 17.2 Å². The molecular formula is C19H18N4O3. The van der Waals surface area contributed by atoms with Gasteiger partial charge in [0, 0.05) is 5.56 Å². The molecule has 0 unspecified atom stereocenters. The number of ether oxygens (including phenoxy) is 1. The fourth-order valence-electron chi connectivity index (χ4n) is 2.26. The molecule has 3 rings (SSSR count). The molecule has 0 atom stereocenters. The monoisotopic (exact) mass is 350 g/mol. The molecule has 2 aromatic carbocycles. The van der Waals surface area contributed by atoms with Crippen molar-refractivity contribution in [1.82, 2.24) is 15.6 Å². The highest BCUT2D eigenvalue weighted by molar-refractivity contribution is 5.94. The van der Waals surface area contributed by atoms with Crippen LogP contribution in [0.1, 0.15) is 23.0 Å². The number of phenols is 1. The van der Waals surface area contributed by atoms with Crippen molar-refractivity contribution in [2.45, 2.75) is 6.92 Å². The number of carbonyl (C=O) groups is 1. The molecule has 0 radical (unpaired) electrons. The number of aromatic hydroxyl groups is 1. The summed E-state index contributed by atoms with van der Waals surface area (Å²) in [4.78, 5) is 12.1. The minimum Gasteiger partial charge on any atom is -0.508 e. The van der Waals surface area contributed by atoms with Crippen LogP contribution in [0.15, 0.2) is 59.7 Å². The number of benzene rings is 2. The molecule has 3 N–H and O–H groups in total. The lowest BCUT2D eigenvalue weighted by Crippen LogP contribution is -2.17. The van der Waals surface area contributed by atoms with Crippen LogP contribution < -0.4 is 10.2 Å². The standard InChI is InChI=1S/C19H18N4O3/c1-2-26-16-9-5-14(6-10-16)17-11-18(22-21-17)19(25)23-20-12-13-3-7-15(24)8-4-13/h3-12,24H,2H2,1H3,(H,21,22)(H,23,25)/b20-12-. The van der Waals surface area contributed by atoms with Crippen LogP contribution in [0.3, 0.4) is 0 Å². The van der Waals surface area contributed by atoms with E-state index in [1.807, 2.05) is 31.2 Å². The van der Waals surface area contributed by atoms with Gasteiger partial charge in [-0.15, -0.1) is 0 Å². The Morgan fingerprint density at radius 3 is 2.65 bits per heavy atom. The smallest absolute Gasteiger partial charge is 0.289 e. The molecule has 0 spiro atoms. The quantitative estimate of drug-likeness (QED) is 0.470. The van der Waals surface area contributed by atoms with Crippen LogP contribution in [0.4, 0.5) is 0 Å². The lowest BCUT2D eigenvalue weighted by Gasteiger charge is -2.02. The number of rotatable bonds is 6. The maximum atomic E-state index is 12.1. The van der Waals surface area contributed by atoms with E-state index in [0.29, 0.717) is 18.0 Å². The molecule has 0 aliphatic rings. The number of hydrogen-bond donors (Lipinski definition) is 3. The molecule has 1 amide bonds. The summed E-state index contributed by atoms with van der Waals surface area (Å²) in [5.74, 6) is 0.559. The van der Waals surface area contributed by atoms with Gasteiger partial charge >= 0.3 is 0 Å². The van der Waals surface area contributed by atoms with Crippen LogP contribution in [-0.2, 0) is 0 Å². The molecular weight excluding hydrogens is 332 g/mol. The molecule has 0 fully saturated rings. The fraction of sp³-hybridized carbons (Fsp3) is 0.105. The van der Waals surface area contributed by atoms with Crippen molar-refractivity contribution in [1.29, 1.82) is 0 Å². The Bertz CT molecular complexity index is 899. The minimum absolute atomic E-state index is 0.172. The van der Waals surface area contributed by atoms with E-state index in [1.165, 1.54) is 6.21 Å². The van der Waals surface area contributed by atoms with Gasteiger partial charge in [0.05, 0.1) is 18.5 Å². The summed E-state index contributed by atoms with van der Waals surface area (Å²) in [7, 11) is 0. The van der Waals surface area contributed by atoms with Crippen molar-refractivity contribution in [2.24, 2.45) is 5.10 Å². The third-order valence-electron chi connectivity index (χ3n) is 3.56. The Labute approximate surface area is 150 Å². The molecule has 7 nitrogen and oxygen atoms in total. The lowest BCUT2D eigenvalue weighted by molar-refractivity contribution is 0.0950. The summed E-state index contributed by atoms with van der Waals surface area (Å²) in [5.41, 5.74) is 5.01. The second-order valence-corrected chi connectivity index (χ2v) is 5.41. The van der Waals surface area contributed by atoms with Gasteiger partial charge < -0.3 is 9.84 Å². The zero-order valence-electron chi connectivity index (χ0n) is 14.1. The van der Waals surface area contributed by atoms with E-state index in [1.54, 1.807) is 30.3 Å². The Hall–Kier alpha value is -3.61. The normalized spacial score (nSPS) is 10.8. The highest BCUT2D eigenvalue weighted by Gasteiger charge is 2.10. The second-order valence-electron chi connectivity index (χ2n) is 5.41. The maximum Gasteiger partial charge on any atom is 0.289 e. The Kier molecular flexibility index (Phi) is 5.28. The van der Waals surface area contributed by atoms with Crippen LogP contribution in [0, 0.1) is 0 Å². The van der Waals surface area contributed by atoms with Crippen molar-refractivity contribution in [3.63, 3.8) is 0 Å². The van der Waals surface area contributed by atoms with Gasteiger partial charge in [0.25, 0.3) is 5.91 Å². The number of hydrogen-bond acceptors (Lipinski definition) is 5. The van der Waals surface area contributed by atoms with Gasteiger partial charge in [-0.1, -0.05) is 0 Å². The second kappa shape index (κ2) is 7.98. The molecule has 0 bridgehead atoms. The van der Waals surface area contributed by atoms with Crippen LogP contribution >= 0.6 is 0 Å². The van der Waals surface area contributed by atoms with Gasteiger partial charge in [-0.3, -0.25) is 9.89 Å². The third kappa shape index (κ3) is 4.27. The van der Waals surface area contributed by atoms with E-state index in [0.717, 1.165) is 16.9 Å². The van der Waals surface area contributed by atoms with Crippen molar-refractivity contribution in [3.05, 3.63) is 65.9 Å². The van der Waals surface area contributed by atoms with Gasteiger partial charge in [-0.05, 0) is 67.1 Å². The van der Waals surface area contributed by atoms with E-state index in [2.05, 4.69) is 20.7 Å². The topological polar surface area (TPSA) is 99.6 Å². The molecule has 7 heteroatoms. The Morgan fingerprint density at radius 1 is 1.23 bits per heavy atom. The van der Waals surface area contributed by atoms with Gasteiger partial charge in [-0.25, -0.2) is 5.43 Å². The molecule has 1 heterocycles. The number of nitrogens with zero attached hydrogens (tertiary/aromatic N) is 2. The zero-order valence-corrected chi connectivity index (χ0v) is 14.1. The maximum absolute atomic E-state index is 12.1. The highest BCUT2D eigenvalue weighted by atomic mass is 16.5. The third-order valence-corrected chi connectivity index (χ3v) is 3.56. The summed E-state index contributed by atoms with van der Waals surface area (Å²) < 4.78 is 5.41. The Balaban J connectivity index is 1.63. The average molecular weight is 350 g/mol. The van der Waals surface area contributed by atoms with Gasteiger partial charge in [-0.2, -0.15) is 10.2 Å². The first-order valence-corrected chi connectivity index (χ1v) is 8.07. The van der Waals surface area contributed by atoms with E-state index in [9.17, 15) is 9.90 Å². The molecule has 0 aliphatic heterocycles. The summed E-state index contributed by atoms with van der Waals surface area (Å²) in [6.45, 7) is 2.54. The SMILES string of the molecule is CCOc1ccc(-c2cc(C(=O)N/N=C\c3ccc(O)cc3)[nH]n2)cc1. The van der Waals surface area contributed by atoms with Crippen molar-refractivity contribution < 1.29 is 14.6 Å². The van der Waals surface area contributed by atoms with Crippen LogP contribution in [-0.4, -0.2) is 34.0 Å². The summed E-state index contributed by atoms with van der Waals surface area (Å²) in [6.07, 6.45) is 1.49. The number of nitrogens with one attached hydrogen (secondary N) is 2. The number of phenolic OH excluding ortho intramolecular Hbond substituents is 1. The zero-order chi connectivity index (χ0) is 18.4. The number of hydrazone groups is 1. The summed E-state index contributed by atoms with van der Waals surface area (Å²) in [5, 5.41) is 20.0. The number of carbonyl (C=O) groups excluding carboxylic acids is 1. The van der Waals surface area contributed by atoms with Crippen LogP contribution in [0.5, 0.6) is 11.5 Å². The summed E-state index contributed by atoms with van der Waals surface area (Å²) >= 11 is 0. The van der Waals surface area contributed by atoms with E-state index in [-0.39, 0.29) is 5.75 Å². The molecule has 0 saturated heterocycles. The first kappa shape index (κ1) is 17.2. The van der Waals surface area contributed by atoms with Gasteiger partial charge in [0.2, 0.25) is 0 Å². The lowest BCUT2D eigenvalue weighted by atomic mass is 10.1. The van der Waals surface area contributed by atoms with E-state index in [4.69, 9.17) is 4.74 Å². The Morgan fingerprint density at radius 2 is 1.96 bits per heavy atom. The molecule has 3 aromatic rings. The highest BCUT2D eigenvalue weighted by Crippen LogP contribution is 2.21. The molecule has 0 aliphatic carbocycles. The first-order valence-electron chi connectivity index (χ1n) is 8.07. The predicted octanol–water partition coefficient (Wildman–Crippen LogP) is 2.94. The summed E-state index contributed by atoms with van der Waals surface area (Å²) in [6, 6.07) is 15.6. The number of amides is 1. The van der Waals surface area contributed by atoms with Crippen molar-refractivity contribution in [2.75, 3.05) is 6.61 Å². The molecule has 1 aromatic heterocycles. The van der Waals surface area contributed by atoms with Crippen molar-refractivity contribution in [3.8, 4) is 22.8 Å². The van der Waals surface area contributed by atoms with Crippen LogP contribution in [0.25, 0.3) is 11.3 Å². The number of aromatic amines is 1. The van der Waals surface area contributed by atoms with Crippen LogP contribution in [0.2, 0.25) is 0 Å². The van der Waals surface area contributed by atoms with E-state index >= 15 is 0 Å². The first-order chi connectivity index (χ1) is 12.7. The average Bonchev–Trinajstić information content (AvgIpc) is 3.14. The number of H-pyrrole nitrogens is 1. The number of aromatic nitrogens is 2. The largest absolute Gasteiger partial charge is 0.508 e. The fourth-order valence-corrected chi connectivity index (χ4v) is 2.26. The minimum atomic E-state index is -0.398.